The van der Waals surface area contributed by atoms with Gasteiger partial charge in [-0.15, -0.1) is 0 Å². The van der Waals surface area contributed by atoms with Crippen LogP contribution in [0.2, 0.25) is 0 Å². The van der Waals surface area contributed by atoms with Crippen molar-refractivity contribution in [2.45, 2.75) is 132 Å². The van der Waals surface area contributed by atoms with Crippen molar-refractivity contribution >= 4 is 0 Å². The molecule has 0 bridgehead atoms. The van der Waals surface area contributed by atoms with Crippen LogP contribution in [0.4, 0.5) is 0 Å². The van der Waals surface area contributed by atoms with Crippen LogP contribution in [-0.4, -0.2) is 23.4 Å². The highest BCUT2D eigenvalue weighted by molar-refractivity contribution is 5.18. The first-order chi connectivity index (χ1) is 17.0. The summed E-state index contributed by atoms with van der Waals surface area (Å²) < 4.78 is 0. The average molecular weight is 501 g/mol. The van der Waals surface area contributed by atoms with E-state index in [4.69, 9.17) is 0 Å². The van der Waals surface area contributed by atoms with Gasteiger partial charge in [0.2, 0.25) is 0 Å². The largest absolute Gasteiger partial charge is 0.392 e. The number of aliphatic hydroxyl groups excluding tert-OH is 2. The summed E-state index contributed by atoms with van der Waals surface area (Å²) in [6.45, 7) is 19.4. The van der Waals surface area contributed by atoms with Gasteiger partial charge in [0.1, 0.15) is 0 Å². The van der Waals surface area contributed by atoms with Crippen LogP contribution in [0.1, 0.15) is 132 Å². The number of aliphatic hydroxyl groups is 2. The molecule has 0 aromatic rings. The normalized spacial score (nSPS) is 38.2. The van der Waals surface area contributed by atoms with Crippen molar-refractivity contribution in [3.05, 3.63) is 22.3 Å². The molecule has 36 heavy (non-hydrogen) atoms. The molecule has 2 N–H and O–H groups in total. The van der Waals surface area contributed by atoms with E-state index in [2.05, 4.69) is 55.4 Å². The molecule has 4 saturated carbocycles. The fourth-order valence-corrected chi connectivity index (χ4v) is 9.26. The third kappa shape index (κ3) is 6.17. The average Bonchev–Trinajstić information content (AvgIpc) is 2.88. The Morgan fingerprint density at radius 2 is 1.00 bits per heavy atom. The second-order valence-corrected chi connectivity index (χ2v) is 14.3. The predicted molar refractivity (Wildman–Crippen MR) is 155 cm³/mol. The fourth-order valence-electron chi connectivity index (χ4n) is 9.26. The standard InChI is InChI=1S/2C17H30O/c2*1-5-15-9-8-13-6-7-14(12(2)11-18)10-16(13)17(15,3)4/h2*13,15-16,18H,5-11H2,1-4H3/b2*14-12+/t13-,15+,16+;13-,15-,16+/m10/s1. The summed E-state index contributed by atoms with van der Waals surface area (Å²) in [5.41, 5.74) is 6.57. The van der Waals surface area contributed by atoms with Crippen molar-refractivity contribution in [3.63, 3.8) is 0 Å². The lowest BCUT2D eigenvalue weighted by atomic mass is 9.53. The zero-order chi connectivity index (χ0) is 26.7. The van der Waals surface area contributed by atoms with Gasteiger partial charge in [0.05, 0.1) is 13.2 Å². The molecule has 4 fully saturated rings. The van der Waals surface area contributed by atoms with Crippen LogP contribution >= 0.6 is 0 Å². The summed E-state index contributed by atoms with van der Waals surface area (Å²) in [4.78, 5) is 0. The number of allylic oxidation sites excluding steroid dienone is 2. The lowest BCUT2D eigenvalue weighted by Gasteiger charge is -2.52. The van der Waals surface area contributed by atoms with E-state index in [1.54, 1.807) is 11.1 Å². The van der Waals surface area contributed by atoms with Gasteiger partial charge in [0.25, 0.3) is 0 Å². The minimum absolute atomic E-state index is 0.254. The maximum absolute atomic E-state index is 9.35. The molecule has 0 aromatic carbocycles. The number of hydrogen-bond donors (Lipinski definition) is 2. The van der Waals surface area contributed by atoms with Crippen molar-refractivity contribution in [2.75, 3.05) is 13.2 Å². The lowest BCUT2D eigenvalue weighted by molar-refractivity contribution is -0.00321. The van der Waals surface area contributed by atoms with Crippen molar-refractivity contribution in [1.82, 2.24) is 0 Å². The maximum Gasteiger partial charge on any atom is 0.0641 e. The van der Waals surface area contributed by atoms with Gasteiger partial charge < -0.3 is 10.2 Å². The van der Waals surface area contributed by atoms with Gasteiger partial charge in [-0.25, -0.2) is 0 Å². The molecule has 2 nitrogen and oxygen atoms in total. The molecule has 0 radical (unpaired) electrons. The summed E-state index contributed by atoms with van der Waals surface area (Å²) in [5.74, 6) is 5.37. The van der Waals surface area contributed by atoms with Crippen LogP contribution in [0.15, 0.2) is 22.3 Å². The fraction of sp³-hybridized carbons (Fsp3) is 0.882. The summed E-state index contributed by atoms with van der Waals surface area (Å²) >= 11 is 0. The Hall–Kier alpha value is -0.600. The van der Waals surface area contributed by atoms with Gasteiger partial charge >= 0.3 is 0 Å². The molecule has 0 aromatic heterocycles. The third-order valence-corrected chi connectivity index (χ3v) is 12.2. The molecule has 0 amide bonds. The van der Waals surface area contributed by atoms with Crippen LogP contribution in [0.3, 0.4) is 0 Å². The van der Waals surface area contributed by atoms with Gasteiger partial charge in [0, 0.05) is 0 Å². The van der Waals surface area contributed by atoms with Crippen LogP contribution < -0.4 is 0 Å². The van der Waals surface area contributed by atoms with Crippen molar-refractivity contribution in [1.29, 1.82) is 0 Å². The maximum atomic E-state index is 9.35. The molecule has 4 aliphatic carbocycles. The van der Waals surface area contributed by atoms with E-state index < -0.39 is 0 Å². The van der Waals surface area contributed by atoms with Crippen LogP contribution in [-0.2, 0) is 0 Å². The molecule has 6 atom stereocenters. The Morgan fingerprint density at radius 1 is 0.639 bits per heavy atom. The van der Waals surface area contributed by atoms with E-state index in [0.717, 1.165) is 35.5 Å². The van der Waals surface area contributed by atoms with Gasteiger partial charge in [-0.3, -0.25) is 0 Å². The monoisotopic (exact) mass is 500 g/mol. The minimum atomic E-state index is 0.254. The molecule has 2 heteroatoms. The SMILES string of the molecule is CC[C@H]1CC[C@@H]2CC/C(=C(/C)CO)C[C@H]2C1(C)C.CC[C@H]1CC[C@H]2CC/C(=C(/C)CO)C[C@@H]2C1(C)C. The predicted octanol–water partition coefficient (Wildman–Crippen LogP) is 9.12. The molecule has 4 rings (SSSR count). The van der Waals surface area contributed by atoms with Crippen molar-refractivity contribution in [3.8, 4) is 0 Å². The van der Waals surface area contributed by atoms with E-state index in [1.165, 1.54) is 88.2 Å². The quantitative estimate of drug-likeness (QED) is 0.378. The Morgan fingerprint density at radius 3 is 1.31 bits per heavy atom. The second kappa shape index (κ2) is 12.5. The first kappa shape index (κ1) is 29.9. The molecular formula is C34H60O2. The molecular weight excluding hydrogens is 440 g/mol. The summed E-state index contributed by atoms with van der Waals surface area (Å²) in [7, 11) is 0. The Bertz CT molecular complexity index is 719. The number of fused-ring (bicyclic) bond motifs is 2. The Balaban J connectivity index is 0.000000201. The van der Waals surface area contributed by atoms with Gasteiger partial charge in [-0.1, -0.05) is 65.5 Å². The molecule has 0 unspecified atom stereocenters. The van der Waals surface area contributed by atoms with Crippen molar-refractivity contribution in [2.24, 2.45) is 46.3 Å². The summed E-state index contributed by atoms with van der Waals surface area (Å²) in [6, 6.07) is 0. The molecule has 0 aliphatic heterocycles. The van der Waals surface area contributed by atoms with E-state index >= 15 is 0 Å². The van der Waals surface area contributed by atoms with E-state index in [0.29, 0.717) is 10.8 Å². The number of hydrogen-bond acceptors (Lipinski definition) is 2. The molecule has 0 heterocycles. The topological polar surface area (TPSA) is 40.5 Å². The first-order valence-corrected chi connectivity index (χ1v) is 15.6. The van der Waals surface area contributed by atoms with E-state index in [-0.39, 0.29) is 13.2 Å². The minimum Gasteiger partial charge on any atom is -0.392 e. The van der Waals surface area contributed by atoms with Gasteiger partial charge in [-0.05, 0) is 136 Å². The summed E-state index contributed by atoms with van der Waals surface area (Å²) in [6.07, 6.45) is 16.1. The van der Waals surface area contributed by atoms with Gasteiger partial charge in [-0.2, -0.15) is 0 Å². The number of rotatable bonds is 4. The van der Waals surface area contributed by atoms with Crippen LogP contribution in [0.5, 0.6) is 0 Å². The smallest absolute Gasteiger partial charge is 0.0641 e. The molecule has 4 aliphatic rings. The highest BCUT2D eigenvalue weighted by Crippen LogP contribution is 2.56. The van der Waals surface area contributed by atoms with Crippen LogP contribution in [0.25, 0.3) is 0 Å². The lowest BCUT2D eigenvalue weighted by Crippen LogP contribution is -2.43. The highest BCUT2D eigenvalue weighted by atomic mass is 16.3. The Labute approximate surface area is 224 Å². The third-order valence-electron chi connectivity index (χ3n) is 12.2. The van der Waals surface area contributed by atoms with E-state index in [9.17, 15) is 10.2 Å². The zero-order valence-electron chi connectivity index (χ0n) is 25.3. The van der Waals surface area contributed by atoms with Crippen LogP contribution in [0, 0.1) is 46.3 Å². The van der Waals surface area contributed by atoms with Crippen molar-refractivity contribution < 1.29 is 10.2 Å². The Kier molecular flexibility index (Phi) is 10.4. The molecule has 208 valence electrons. The zero-order valence-corrected chi connectivity index (χ0v) is 25.3. The molecule has 0 spiro atoms. The first-order valence-electron chi connectivity index (χ1n) is 15.6. The van der Waals surface area contributed by atoms with Gasteiger partial charge in [0.15, 0.2) is 0 Å². The molecule has 0 saturated heterocycles. The summed E-state index contributed by atoms with van der Waals surface area (Å²) in [5, 5.41) is 18.7. The second-order valence-electron chi connectivity index (χ2n) is 14.3. The highest BCUT2D eigenvalue weighted by Gasteiger charge is 2.47. The van der Waals surface area contributed by atoms with E-state index in [1.807, 2.05) is 0 Å².